The number of nitrogens with zero attached hydrogens (tertiary/aromatic N) is 1. The van der Waals surface area contributed by atoms with Crippen LogP contribution in [0.5, 0.6) is 0 Å². The maximum Gasteiger partial charge on any atom is 0.326 e. The molecule has 0 aliphatic carbocycles. The number of aliphatic carboxylic acids is 1. The molecule has 0 spiro atoms. The van der Waals surface area contributed by atoms with E-state index in [0.29, 0.717) is 23.0 Å². The molecule has 1 atom stereocenters. The van der Waals surface area contributed by atoms with Crippen LogP contribution in [0.4, 0.5) is 0 Å². The van der Waals surface area contributed by atoms with Crippen molar-refractivity contribution in [2.24, 2.45) is 0 Å². The Morgan fingerprint density at radius 1 is 1.37 bits per heavy atom. The number of para-hydroxylation sites is 1. The molecular formula is C14H15NO4. The molecule has 0 fully saturated rings. The second-order valence-electron chi connectivity index (χ2n) is 4.32. The zero-order chi connectivity index (χ0) is 14.0. The minimum Gasteiger partial charge on any atom is -0.480 e. The second kappa shape index (κ2) is 5.14. The number of rotatable bonds is 4. The first-order chi connectivity index (χ1) is 9.06. The van der Waals surface area contributed by atoms with Gasteiger partial charge < -0.3 is 14.4 Å². The Balaban J connectivity index is 2.36. The zero-order valence-electron chi connectivity index (χ0n) is 10.8. The van der Waals surface area contributed by atoms with E-state index in [9.17, 15) is 9.59 Å². The van der Waals surface area contributed by atoms with Crippen LogP contribution in [0.1, 0.15) is 23.7 Å². The van der Waals surface area contributed by atoms with Gasteiger partial charge in [-0.1, -0.05) is 25.1 Å². The highest BCUT2D eigenvalue weighted by Gasteiger charge is 2.27. The molecule has 0 bridgehead atoms. The van der Waals surface area contributed by atoms with Crippen LogP contribution in [0.15, 0.2) is 34.9 Å². The Hall–Kier alpha value is -2.30. The molecule has 1 unspecified atom stereocenters. The lowest BCUT2D eigenvalue weighted by molar-refractivity contribution is -0.142. The lowest BCUT2D eigenvalue weighted by atomic mass is 10.1. The minimum atomic E-state index is -1.01. The van der Waals surface area contributed by atoms with Gasteiger partial charge in [-0.3, -0.25) is 4.79 Å². The molecular weight excluding hydrogens is 246 g/mol. The third-order valence-corrected chi connectivity index (χ3v) is 3.17. The molecule has 5 nitrogen and oxygen atoms in total. The van der Waals surface area contributed by atoms with Crippen LogP contribution >= 0.6 is 0 Å². The summed E-state index contributed by atoms with van der Waals surface area (Å²) in [6, 6.07) is 6.34. The first kappa shape index (κ1) is 13.1. The molecule has 19 heavy (non-hydrogen) atoms. The van der Waals surface area contributed by atoms with Crippen molar-refractivity contribution < 1.29 is 19.1 Å². The summed E-state index contributed by atoms with van der Waals surface area (Å²) in [4.78, 5) is 24.7. The van der Waals surface area contributed by atoms with E-state index in [4.69, 9.17) is 9.52 Å². The van der Waals surface area contributed by atoms with Gasteiger partial charge in [0.05, 0.1) is 5.56 Å². The number of fused-ring (bicyclic) bond motifs is 1. The monoisotopic (exact) mass is 261 g/mol. The van der Waals surface area contributed by atoms with E-state index in [1.165, 1.54) is 18.2 Å². The Morgan fingerprint density at radius 3 is 2.68 bits per heavy atom. The van der Waals surface area contributed by atoms with E-state index < -0.39 is 12.0 Å². The highest BCUT2D eigenvalue weighted by atomic mass is 16.4. The number of carbonyl (C=O) groups excluding carboxylic acids is 1. The van der Waals surface area contributed by atoms with E-state index in [1.54, 1.807) is 19.1 Å². The lowest BCUT2D eigenvalue weighted by Crippen LogP contribution is -2.41. The maximum absolute atomic E-state index is 12.3. The zero-order valence-corrected chi connectivity index (χ0v) is 10.8. The number of benzene rings is 1. The molecule has 0 saturated carbocycles. The molecule has 0 aliphatic rings. The van der Waals surface area contributed by atoms with Crippen molar-refractivity contribution in [3.63, 3.8) is 0 Å². The van der Waals surface area contributed by atoms with E-state index in [0.717, 1.165) is 0 Å². The smallest absolute Gasteiger partial charge is 0.326 e. The molecule has 5 heteroatoms. The fourth-order valence-electron chi connectivity index (χ4n) is 2.09. The number of likely N-dealkylation sites (N-methyl/N-ethyl adjacent to an activating group) is 1. The summed E-state index contributed by atoms with van der Waals surface area (Å²) in [5.74, 6) is -1.36. The van der Waals surface area contributed by atoms with Gasteiger partial charge in [0.25, 0.3) is 5.91 Å². The molecule has 100 valence electrons. The van der Waals surface area contributed by atoms with Crippen molar-refractivity contribution in [1.29, 1.82) is 0 Å². The van der Waals surface area contributed by atoms with Gasteiger partial charge in [-0.2, -0.15) is 0 Å². The van der Waals surface area contributed by atoms with E-state index in [-0.39, 0.29) is 5.91 Å². The molecule has 0 aliphatic heterocycles. The average molecular weight is 261 g/mol. The van der Waals surface area contributed by atoms with Crippen LogP contribution in [-0.2, 0) is 4.79 Å². The van der Waals surface area contributed by atoms with Gasteiger partial charge in [-0.15, -0.1) is 0 Å². The van der Waals surface area contributed by atoms with Crippen LogP contribution in [0, 0.1) is 0 Å². The van der Waals surface area contributed by atoms with Crippen molar-refractivity contribution in [2.75, 3.05) is 7.05 Å². The third-order valence-electron chi connectivity index (χ3n) is 3.17. The van der Waals surface area contributed by atoms with Crippen molar-refractivity contribution in [2.45, 2.75) is 19.4 Å². The van der Waals surface area contributed by atoms with E-state index in [1.807, 2.05) is 12.1 Å². The maximum atomic E-state index is 12.3. The normalized spacial score (nSPS) is 12.3. The number of carboxylic acids is 1. The second-order valence-corrected chi connectivity index (χ2v) is 4.32. The SMILES string of the molecule is CCC(C(=O)O)N(C)C(=O)c1coc2ccccc12. The summed E-state index contributed by atoms with van der Waals surface area (Å²) in [6.07, 6.45) is 1.73. The number of hydrogen-bond donors (Lipinski definition) is 1. The van der Waals surface area contributed by atoms with Crippen molar-refractivity contribution in [1.82, 2.24) is 4.90 Å². The molecule has 1 aromatic carbocycles. The van der Waals surface area contributed by atoms with E-state index >= 15 is 0 Å². The predicted molar refractivity (Wildman–Crippen MR) is 70.0 cm³/mol. The largest absolute Gasteiger partial charge is 0.480 e. The molecule has 2 rings (SSSR count). The summed E-state index contributed by atoms with van der Waals surface area (Å²) >= 11 is 0. The highest BCUT2D eigenvalue weighted by molar-refractivity contribution is 6.06. The molecule has 1 heterocycles. The fraction of sp³-hybridized carbons (Fsp3) is 0.286. The number of carboxylic acid groups (broad SMARTS) is 1. The van der Waals surface area contributed by atoms with Crippen molar-refractivity contribution in [3.8, 4) is 0 Å². The van der Waals surface area contributed by atoms with Crippen molar-refractivity contribution >= 4 is 22.8 Å². The van der Waals surface area contributed by atoms with Gasteiger partial charge in [0, 0.05) is 12.4 Å². The summed E-state index contributed by atoms with van der Waals surface area (Å²) in [7, 11) is 1.49. The first-order valence-corrected chi connectivity index (χ1v) is 6.02. The minimum absolute atomic E-state index is 0.348. The van der Waals surface area contributed by atoms with Crippen LogP contribution in [0.2, 0.25) is 0 Å². The van der Waals surface area contributed by atoms with Gasteiger partial charge in [-0.05, 0) is 12.5 Å². The molecule has 2 aromatic rings. The summed E-state index contributed by atoms with van der Waals surface area (Å²) in [5, 5.41) is 9.78. The molecule has 0 radical (unpaired) electrons. The Bertz CT molecular complexity index is 617. The Kier molecular flexibility index (Phi) is 3.55. The quantitative estimate of drug-likeness (QED) is 0.917. The van der Waals surface area contributed by atoms with Gasteiger partial charge in [0.2, 0.25) is 0 Å². The van der Waals surface area contributed by atoms with Crippen molar-refractivity contribution in [3.05, 3.63) is 36.1 Å². The fourth-order valence-corrected chi connectivity index (χ4v) is 2.09. The van der Waals surface area contributed by atoms with Crippen LogP contribution < -0.4 is 0 Å². The molecule has 1 aromatic heterocycles. The van der Waals surface area contributed by atoms with Crippen LogP contribution in [0.3, 0.4) is 0 Å². The Morgan fingerprint density at radius 2 is 2.05 bits per heavy atom. The van der Waals surface area contributed by atoms with Crippen LogP contribution in [0.25, 0.3) is 11.0 Å². The van der Waals surface area contributed by atoms with Gasteiger partial charge in [0.15, 0.2) is 0 Å². The van der Waals surface area contributed by atoms with E-state index in [2.05, 4.69) is 0 Å². The summed E-state index contributed by atoms with van der Waals surface area (Å²) < 4.78 is 5.30. The highest BCUT2D eigenvalue weighted by Crippen LogP contribution is 2.22. The summed E-state index contributed by atoms with van der Waals surface area (Å²) in [6.45, 7) is 1.73. The predicted octanol–water partition coefficient (Wildman–Crippen LogP) is 2.37. The number of carbonyl (C=O) groups is 2. The van der Waals surface area contributed by atoms with Gasteiger partial charge in [-0.25, -0.2) is 4.79 Å². The number of furan rings is 1. The third kappa shape index (κ3) is 2.31. The first-order valence-electron chi connectivity index (χ1n) is 6.02. The standard InChI is InChI=1S/C14H15NO4/c1-3-11(14(17)18)15(2)13(16)10-8-19-12-7-5-4-6-9(10)12/h4-8,11H,3H2,1-2H3,(H,17,18). The van der Waals surface area contributed by atoms with Gasteiger partial charge in [0.1, 0.15) is 17.9 Å². The number of hydrogen-bond acceptors (Lipinski definition) is 3. The lowest BCUT2D eigenvalue weighted by Gasteiger charge is -2.23. The molecule has 1 N–H and O–H groups in total. The molecule has 1 amide bonds. The average Bonchev–Trinajstić information content (AvgIpc) is 2.82. The summed E-state index contributed by atoms with van der Waals surface area (Å²) in [5.41, 5.74) is 1.00. The molecule has 0 saturated heterocycles. The number of amides is 1. The van der Waals surface area contributed by atoms with Gasteiger partial charge >= 0.3 is 5.97 Å². The van der Waals surface area contributed by atoms with Crippen LogP contribution in [-0.4, -0.2) is 35.0 Å². The topological polar surface area (TPSA) is 70.8 Å². The Labute approximate surface area is 110 Å².